The Morgan fingerprint density at radius 1 is 0.966 bits per heavy atom. The molecule has 150 valence electrons. The molecule has 0 amide bonds. The molecule has 1 aliphatic heterocycles. The summed E-state index contributed by atoms with van der Waals surface area (Å²) >= 11 is -1.50. The van der Waals surface area contributed by atoms with Crippen LogP contribution in [0.2, 0.25) is 0 Å². The predicted molar refractivity (Wildman–Crippen MR) is 116 cm³/mol. The summed E-state index contributed by atoms with van der Waals surface area (Å²) in [6.07, 6.45) is 3.75. The van der Waals surface area contributed by atoms with Crippen LogP contribution in [0.5, 0.6) is 5.75 Å². The fourth-order valence-electron chi connectivity index (χ4n) is 3.41. The monoisotopic (exact) mass is 407 g/mol. The first kappa shape index (κ1) is 19.6. The molecule has 1 unspecified atom stereocenters. The van der Waals surface area contributed by atoms with E-state index in [1.807, 2.05) is 73.9 Å². The summed E-state index contributed by atoms with van der Waals surface area (Å²) in [5.41, 5.74) is 3.55. The molecule has 0 saturated carbocycles. The SMILES string of the molecule is Cc1ccc(S(=O)Oc2ccc(N3CCN(Cc4cccnc4)CC3)cc2)cc1. The lowest BCUT2D eigenvalue weighted by Gasteiger charge is -2.36. The maximum Gasteiger partial charge on any atom is 0.240 e. The third-order valence-corrected chi connectivity index (χ3v) is 6.09. The second-order valence-electron chi connectivity index (χ2n) is 7.25. The number of rotatable bonds is 6. The average molecular weight is 408 g/mol. The number of anilines is 1. The lowest BCUT2D eigenvalue weighted by molar-refractivity contribution is 0.249. The van der Waals surface area contributed by atoms with Crippen LogP contribution in [0.15, 0.2) is 78.0 Å². The van der Waals surface area contributed by atoms with Crippen molar-refractivity contribution in [3.8, 4) is 5.75 Å². The quantitative estimate of drug-likeness (QED) is 0.622. The minimum atomic E-state index is -1.50. The van der Waals surface area contributed by atoms with Gasteiger partial charge in [-0.15, -0.1) is 0 Å². The van der Waals surface area contributed by atoms with E-state index in [0.717, 1.165) is 38.3 Å². The summed E-state index contributed by atoms with van der Waals surface area (Å²) in [7, 11) is 0. The Morgan fingerprint density at radius 3 is 2.34 bits per heavy atom. The van der Waals surface area contributed by atoms with Crippen molar-refractivity contribution in [2.24, 2.45) is 0 Å². The second-order valence-corrected chi connectivity index (χ2v) is 8.36. The van der Waals surface area contributed by atoms with Crippen molar-refractivity contribution < 1.29 is 8.39 Å². The molecule has 0 aliphatic carbocycles. The zero-order valence-corrected chi connectivity index (χ0v) is 17.3. The molecule has 29 heavy (non-hydrogen) atoms. The van der Waals surface area contributed by atoms with Crippen LogP contribution in [-0.2, 0) is 17.6 Å². The second kappa shape index (κ2) is 9.20. The summed E-state index contributed by atoms with van der Waals surface area (Å²) in [6, 6.07) is 19.5. The van der Waals surface area contributed by atoms with E-state index in [4.69, 9.17) is 4.18 Å². The fraction of sp³-hybridized carbons (Fsp3) is 0.261. The van der Waals surface area contributed by atoms with Gasteiger partial charge >= 0.3 is 0 Å². The maximum atomic E-state index is 12.4. The Labute approximate surface area is 174 Å². The molecule has 1 saturated heterocycles. The topological polar surface area (TPSA) is 45.7 Å². The lowest BCUT2D eigenvalue weighted by atomic mass is 10.2. The number of hydrogen-bond donors (Lipinski definition) is 0. The smallest absolute Gasteiger partial charge is 0.240 e. The summed E-state index contributed by atoms with van der Waals surface area (Å²) in [5.74, 6) is 0.614. The summed E-state index contributed by atoms with van der Waals surface area (Å²) in [6.45, 7) is 6.95. The Balaban J connectivity index is 1.30. The van der Waals surface area contributed by atoms with E-state index >= 15 is 0 Å². The van der Waals surface area contributed by atoms with Gasteiger partial charge < -0.3 is 9.08 Å². The van der Waals surface area contributed by atoms with E-state index in [-0.39, 0.29) is 0 Å². The minimum absolute atomic E-state index is 0.614. The first-order valence-corrected chi connectivity index (χ1v) is 10.9. The molecule has 1 aromatic heterocycles. The zero-order valence-electron chi connectivity index (χ0n) is 16.5. The fourth-order valence-corrected chi connectivity index (χ4v) is 4.15. The van der Waals surface area contributed by atoms with Crippen LogP contribution in [-0.4, -0.2) is 40.3 Å². The number of aromatic nitrogens is 1. The number of nitrogens with zero attached hydrogens (tertiary/aromatic N) is 3. The van der Waals surface area contributed by atoms with Gasteiger partial charge in [-0.25, -0.2) is 4.21 Å². The number of pyridine rings is 1. The largest absolute Gasteiger partial charge is 0.397 e. The van der Waals surface area contributed by atoms with Gasteiger partial charge in [0, 0.05) is 50.8 Å². The first-order valence-electron chi connectivity index (χ1n) is 9.80. The molecule has 1 atom stereocenters. The maximum absolute atomic E-state index is 12.4. The van der Waals surface area contributed by atoms with Gasteiger partial charge in [0.25, 0.3) is 0 Å². The van der Waals surface area contributed by atoms with E-state index in [9.17, 15) is 4.21 Å². The molecule has 0 radical (unpaired) electrons. The van der Waals surface area contributed by atoms with Crippen molar-refractivity contribution >= 4 is 16.8 Å². The van der Waals surface area contributed by atoms with Gasteiger partial charge in [-0.05, 0) is 55.0 Å². The molecule has 0 spiro atoms. The predicted octanol–water partition coefficient (Wildman–Crippen LogP) is 3.81. The van der Waals surface area contributed by atoms with Crippen LogP contribution in [0.4, 0.5) is 5.69 Å². The summed E-state index contributed by atoms with van der Waals surface area (Å²) < 4.78 is 18.0. The highest BCUT2D eigenvalue weighted by molar-refractivity contribution is 7.80. The lowest BCUT2D eigenvalue weighted by Crippen LogP contribution is -2.45. The van der Waals surface area contributed by atoms with Gasteiger partial charge in [-0.2, -0.15) is 0 Å². The molecule has 1 aliphatic rings. The molecular formula is C23H25N3O2S. The minimum Gasteiger partial charge on any atom is -0.397 e. The van der Waals surface area contributed by atoms with Crippen molar-refractivity contribution in [1.29, 1.82) is 0 Å². The van der Waals surface area contributed by atoms with Crippen LogP contribution in [0.1, 0.15) is 11.1 Å². The number of hydrogen-bond acceptors (Lipinski definition) is 5. The molecule has 1 fully saturated rings. The molecular weight excluding hydrogens is 382 g/mol. The number of aryl methyl sites for hydroxylation is 1. The van der Waals surface area contributed by atoms with Gasteiger partial charge in [-0.3, -0.25) is 9.88 Å². The van der Waals surface area contributed by atoms with Crippen molar-refractivity contribution in [3.05, 3.63) is 84.2 Å². The van der Waals surface area contributed by atoms with Crippen molar-refractivity contribution in [1.82, 2.24) is 9.88 Å². The molecule has 2 aromatic carbocycles. The van der Waals surface area contributed by atoms with Crippen LogP contribution in [0.25, 0.3) is 0 Å². The van der Waals surface area contributed by atoms with Crippen molar-refractivity contribution in [2.75, 3.05) is 31.1 Å². The third kappa shape index (κ3) is 5.22. The van der Waals surface area contributed by atoms with E-state index in [0.29, 0.717) is 10.6 Å². The molecule has 3 aromatic rings. The van der Waals surface area contributed by atoms with Gasteiger partial charge in [0.05, 0.1) is 4.90 Å². The molecule has 5 nitrogen and oxygen atoms in total. The molecule has 0 N–H and O–H groups in total. The van der Waals surface area contributed by atoms with Gasteiger partial charge in [-0.1, -0.05) is 23.8 Å². The standard InChI is InChI=1S/C23H25N3O2S/c1-19-4-10-23(11-5-19)29(27)28-22-8-6-21(7-9-22)26-15-13-25(14-16-26)18-20-3-2-12-24-17-20/h2-12,17H,13-16,18H2,1H3. The Hall–Kier alpha value is -2.70. The third-order valence-electron chi connectivity index (χ3n) is 5.09. The van der Waals surface area contributed by atoms with E-state index < -0.39 is 11.1 Å². The Bertz CT molecular complexity index is 938. The molecule has 0 bridgehead atoms. The van der Waals surface area contributed by atoms with E-state index in [1.54, 1.807) is 0 Å². The van der Waals surface area contributed by atoms with Crippen LogP contribution >= 0.6 is 0 Å². The van der Waals surface area contributed by atoms with Crippen LogP contribution in [0.3, 0.4) is 0 Å². The highest BCUT2D eigenvalue weighted by Gasteiger charge is 2.17. The van der Waals surface area contributed by atoms with Crippen LogP contribution < -0.4 is 9.08 Å². The number of piperazine rings is 1. The Kier molecular flexibility index (Phi) is 6.22. The summed E-state index contributed by atoms with van der Waals surface area (Å²) in [4.78, 5) is 9.69. The average Bonchev–Trinajstić information content (AvgIpc) is 2.76. The van der Waals surface area contributed by atoms with Crippen molar-refractivity contribution in [3.63, 3.8) is 0 Å². The highest BCUT2D eigenvalue weighted by atomic mass is 32.2. The van der Waals surface area contributed by atoms with E-state index in [2.05, 4.69) is 20.9 Å². The summed E-state index contributed by atoms with van der Waals surface area (Å²) in [5, 5.41) is 0. The van der Waals surface area contributed by atoms with Gasteiger partial charge in [0.2, 0.25) is 11.1 Å². The van der Waals surface area contributed by atoms with E-state index in [1.165, 1.54) is 11.3 Å². The number of benzene rings is 2. The Morgan fingerprint density at radius 2 is 1.69 bits per heavy atom. The molecule has 6 heteroatoms. The van der Waals surface area contributed by atoms with Crippen molar-refractivity contribution in [2.45, 2.75) is 18.4 Å². The normalized spacial score (nSPS) is 15.8. The van der Waals surface area contributed by atoms with Crippen LogP contribution in [0, 0.1) is 6.92 Å². The van der Waals surface area contributed by atoms with Gasteiger partial charge in [0.1, 0.15) is 5.75 Å². The molecule has 2 heterocycles. The van der Waals surface area contributed by atoms with Gasteiger partial charge in [0.15, 0.2) is 0 Å². The highest BCUT2D eigenvalue weighted by Crippen LogP contribution is 2.23. The first-order chi connectivity index (χ1) is 14.2. The molecule has 4 rings (SSSR count). The zero-order chi connectivity index (χ0) is 20.1.